The molecule has 0 saturated heterocycles. The molecule has 0 amide bonds. The second-order valence-corrected chi connectivity index (χ2v) is 5.15. The lowest BCUT2D eigenvalue weighted by Crippen LogP contribution is -2.30. The number of hydrogen-bond donors (Lipinski definition) is 4. The van der Waals surface area contributed by atoms with E-state index in [4.69, 9.17) is 10.8 Å². The molecule has 4 nitrogen and oxygen atoms in total. The lowest BCUT2D eigenvalue weighted by atomic mass is 10.0. The van der Waals surface area contributed by atoms with Gasteiger partial charge < -0.3 is 16.2 Å². The van der Waals surface area contributed by atoms with Crippen molar-refractivity contribution in [1.82, 2.24) is 0 Å². The highest BCUT2D eigenvalue weighted by molar-refractivity contribution is 7.80. The van der Waals surface area contributed by atoms with E-state index >= 15 is 0 Å². The number of anilines is 1. The fourth-order valence-corrected chi connectivity index (χ4v) is 2.05. The van der Waals surface area contributed by atoms with E-state index in [0.29, 0.717) is 12.3 Å². The quantitative estimate of drug-likeness (QED) is 0.619. The van der Waals surface area contributed by atoms with Gasteiger partial charge in [0.2, 0.25) is 0 Å². The van der Waals surface area contributed by atoms with Crippen LogP contribution in [-0.2, 0) is 0 Å². The number of carbonyl (C=O) groups is 1. The van der Waals surface area contributed by atoms with E-state index in [1.54, 1.807) is 18.2 Å². The third kappa shape index (κ3) is 4.24. The number of aromatic carboxylic acids is 1. The zero-order valence-corrected chi connectivity index (χ0v) is 12.4. The molecule has 0 aliphatic rings. The molecule has 4 N–H and O–H groups in total. The van der Waals surface area contributed by atoms with Crippen molar-refractivity contribution in [2.75, 3.05) is 17.6 Å². The molecule has 110 valence electrons. The summed E-state index contributed by atoms with van der Waals surface area (Å²) in [5.74, 6) is -0.288. The Morgan fingerprint density at radius 1 is 1.19 bits per heavy atom. The first-order valence-electron chi connectivity index (χ1n) is 6.64. The number of thiol groups is 1. The second-order valence-electron chi connectivity index (χ2n) is 4.79. The molecule has 0 radical (unpaired) electrons. The first-order valence-corrected chi connectivity index (χ1v) is 7.27. The molecule has 0 saturated carbocycles. The Morgan fingerprint density at radius 2 is 1.90 bits per heavy atom. The highest BCUT2D eigenvalue weighted by Crippen LogP contribution is 2.22. The van der Waals surface area contributed by atoms with E-state index in [1.165, 1.54) is 0 Å². The van der Waals surface area contributed by atoms with Crippen molar-refractivity contribution in [2.24, 2.45) is 5.73 Å². The van der Waals surface area contributed by atoms with Gasteiger partial charge in [-0.25, -0.2) is 4.79 Å². The Labute approximate surface area is 129 Å². The van der Waals surface area contributed by atoms with Gasteiger partial charge in [0, 0.05) is 24.0 Å². The fraction of sp³-hybridized carbons (Fsp3) is 0.188. The van der Waals surface area contributed by atoms with E-state index in [2.05, 4.69) is 17.9 Å². The molecule has 1 atom stereocenters. The Kier molecular flexibility index (Phi) is 5.25. The maximum Gasteiger partial charge on any atom is 0.335 e. The van der Waals surface area contributed by atoms with Gasteiger partial charge >= 0.3 is 5.97 Å². The monoisotopic (exact) mass is 302 g/mol. The minimum atomic E-state index is -0.920. The standard InChI is InChI=1S/C16H18N2O2S/c17-14(10-21)9-18-15-6-4-11(5-7-15)12-2-1-3-13(8-12)16(19)20/h1-8,14,18,21H,9-10,17H2,(H,19,20). The molecule has 0 aliphatic heterocycles. The number of nitrogens with one attached hydrogen (secondary N) is 1. The summed E-state index contributed by atoms with van der Waals surface area (Å²) in [5.41, 5.74) is 8.91. The average molecular weight is 302 g/mol. The Morgan fingerprint density at radius 3 is 2.52 bits per heavy atom. The molecule has 0 spiro atoms. The van der Waals surface area contributed by atoms with Crippen molar-refractivity contribution < 1.29 is 9.90 Å². The minimum Gasteiger partial charge on any atom is -0.478 e. The van der Waals surface area contributed by atoms with E-state index in [9.17, 15) is 4.79 Å². The van der Waals surface area contributed by atoms with Crippen molar-refractivity contribution in [3.8, 4) is 11.1 Å². The largest absolute Gasteiger partial charge is 0.478 e. The zero-order chi connectivity index (χ0) is 15.2. The molecule has 0 heterocycles. The Hall–Kier alpha value is -1.98. The molecule has 21 heavy (non-hydrogen) atoms. The van der Waals surface area contributed by atoms with Crippen LogP contribution >= 0.6 is 12.6 Å². The molecule has 0 aromatic heterocycles. The molecule has 0 aliphatic carbocycles. The predicted molar refractivity (Wildman–Crippen MR) is 89.2 cm³/mol. The van der Waals surface area contributed by atoms with Crippen molar-refractivity contribution in [3.05, 3.63) is 54.1 Å². The van der Waals surface area contributed by atoms with Crippen LogP contribution in [0.5, 0.6) is 0 Å². The summed E-state index contributed by atoms with van der Waals surface area (Å²) in [4.78, 5) is 11.0. The lowest BCUT2D eigenvalue weighted by Gasteiger charge is -2.11. The fourth-order valence-electron chi connectivity index (χ4n) is 1.93. The summed E-state index contributed by atoms with van der Waals surface area (Å²) in [6, 6.07) is 14.7. The van der Waals surface area contributed by atoms with Gasteiger partial charge in [-0.3, -0.25) is 0 Å². The predicted octanol–water partition coefficient (Wildman–Crippen LogP) is 2.72. The van der Waals surface area contributed by atoms with Gasteiger partial charge in [0.25, 0.3) is 0 Å². The summed E-state index contributed by atoms with van der Waals surface area (Å²) in [5, 5.41) is 12.3. The Balaban J connectivity index is 2.11. The first kappa shape index (κ1) is 15.4. The molecule has 1 unspecified atom stereocenters. The van der Waals surface area contributed by atoms with Gasteiger partial charge in [0.1, 0.15) is 0 Å². The molecule has 2 aromatic rings. The second kappa shape index (κ2) is 7.15. The van der Waals surface area contributed by atoms with Crippen molar-refractivity contribution in [1.29, 1.82) is 0 Å². The van der Waals surface area contributed by atoms with Crippen LogP contribution < -0.4 is 11.1 Å². The smallest absolute Gasteiger partial charge is 0.335 e. The van der Waals surface area contributed by atoms with Crippen LogP contribution in [0.1, 0.15) is 10.4 Å². The normalized spacial score (nSPS) is 11.9. The van der Waals surface area contributed by atoms with Gasteiger partial charge in [-0.2, -0.15) is 12.6 Å². The highest BCUT2D eigenvalue weighted by Gasteiger charge is 2.05. The molecule has 5 heteroatoms. The van der Waals surface area contributed by atoms with E-state index in [1.807, 2.05) is 30.3 Å². The topological polar surface area (TPSA) is 75.3 Å². The van der Waals surface area contributed by atoms with E-state index < -0.39 is 5.97 Å². The van der Waals surface area contributed by atoms with Gasteiger partial charge in [0.05, 0.1) is 5.56 Å². The molecule has 2 aromatic carbocycles. The Bertz CT molecular complexity index is 614. The summed E-state index contributed by atoms with van der Waals surface area (Å²) in [7, 11) is 0. The van der Waals surface area contributed by atoms with Crippen molar-refractivity contribution >= 4 is 24.3 Å². The lowest BCUT2D eigenvalue weighted by molar-refractivity contribution is 0.0697. The zero-order valence-electron chi connectivity index (χ0n) is 11.5. The summed E-state index contributed by atoms with van der Waals surface area (Å²) in [6.07, 6.45) is 0. The maximum atomic E-state index is 11.0. The summed E-state index contributed by atoms with van der Waals surface area (Å²) >= 11 is 4.14. The van der Waals surface area contributed by atoms with Crippen LogP contribution in [0, 0.1) is 0 Å². The summed E-state index contributed by atoms with van der Waals surface area (Å²) < 4.78 is 0. The van der Waals surface area contributed by atoms with Crippen LogP contribution in [0.2, 0.25) is 0 Å². The molecular weight excluding hydrogens is 284 g/mol. The summed E-state index contributed by atoms with van der Waals surface area (Å²) in [6.45, 7) is 0.664. The van der Waals surface area contributed by atoms with Gasteiger partial charge in [-0.05, 0) is 35.4 Å². The third-order valence-corrected chi connectivity index (χ3v) is 3.60. The van der Waals surface area contributed by atoms with Crippen molar-refractivity contribution in [2.45, 2.75) is 6.04 Å². The molecule has 2 rings (SSSR count). The van der Waals surface area contributed by atoms with Crippen LogP contribution in [-0.4, -0.2) is 29.4 Å². The highest BCUT2D eigenvalue weighted by atomic mass is 32.1. The van der Waals surface area contributed by atoms with E-state index in [0.717, 1.165) is 16.8 Å². The third-order valence-electron chi connectivity index (χ3n) is 3.13. The van der Waals surface area contributed by atoms with Crippen LogP contribution in [0.25, 0.3) is 11.1 Å². The molecular formula is C16H18N2O2S. The maximum absolute atomic E-state index is 11.0. The van der Waals surface area contributed by atoms with Gasteiger partial charge in [-0.15, -0.1) is 0 Å². The van der Waals surface area contributed by atoms with Crippen molar-refractivity contribution in [3.63, 3.8) is 0 Å². The molecule has 0 fully saturated rings. The number of nitrogens with two attached hydrogens (primary N) is 1. The minimum absolute atomic E-state index is 0.0141. The number of benzene rings is 2. The number of carboxylic acid groups (broad SMARTS) is 1. The van der Waals surface area contributed by atoms with Crippen LogP contribution in [0.3, 0.4) is 0 Å². The van der Waals surface area contributed by atoms with Crippen LogP contribution in [0.4, 0.5) is 5.69 Å². The molecule has 0 bridgehead atoms. The average Bonchev–Trinajstić information content (AvgIpc) is 2.53. The van der Waals surface area contributed by atoms with Gasteiger partial charge in [0.15, 0.2) is 0 Å². The SMILES string of the molecule is NC(CS)CNc1ccc(-c2cccc(C(=O)O)c2)cc1. The number of hydrogen-bond acceptors (Lipinski definition) is 4. The number of rotatable bonds is 6. The van der Waals surface area contributed by atoms with E-state index in [-0.39, 0.29) is 11.6 Å². The van der Waals surface area contributed by atoms with Crippen LogP contribution in [0.15, 0.2) is 48.5 Å². The first-order chi connectivity index (χ1) is 10.1. The van der Waals surface area contributed by atoms with Gasteiger partial charge in [-0.1, -0.05) is 24.3 Å². The number of carboxylic acids is 1.